The molecule has 8 aliphatic rings. The molecule has 172 valence electrons. The molecule has 6 atom stereocenters. The number of carbonyl (C=O) groups is 1. The largest absolute Gasteiger partial charge is 0.456 e. The normalized spacial score (nSPS) is 48.3. The fourth-order valence-electron chi connectivity index (χ4n) is 10.5. The molecule has 0 amide bonds. The van der Waals surface area contributed by atoms with Crippen molar-refractivity contribution in [2.24, 2.45) is 64.6 Å². The Morgan fingerprint density at radius 1 is 1.00 bits per heavy atom. The quantitative estimate of drug-likeness (QED) is 0.443. The highest BCUT2D eigenvalue weighted by Gasteiger charge is 2.74. The molecule has 0 saturated heterocycles. The van der Waals surface area contributed by atoms with Gasteiger partial charge in [0, 0.05) is 11.0 Å². The molecule has 0 spiro atoms. The second-order valence-corrected chi connectivity index (χ2v) is 13.6. The zero-order valence-electron chi connectivity index (χ0n) is 20.5. The van der Waals surface area contributed by atoms with E-state index in [1.54, 1.807) is 0 Å². The zero-order chi connectivity index (χ0) is 21.7. The van der Waals surface area contributed by atoms with Gasteiger partial charge < -0.3 is 4.74 Å². The first-order valence-corrected chi connectivity index (χ1v) is 13.6. The summed E-state index contributed by atoms with van der Waals surface area (Å²) in [5, 5.41) is 0. The molecule has 2 heteroatoms. The maximum atomic E-state index is 13.4. The van der Waals surface area contributed by atoms with Crippen LogP contribution in [0.3, 0.4) is 0 Å². The third kappa shape index (κ3) is 2.78. The van der Waals surface area contributed by atoms with E-state index in [0.29, 0.717) is 5.92 Å². The van der Waals surface area contributed by atoms with E-state index in [4.69, 9.17) is 4.74 Å². The fraction of sp³-hybridized carbons (Fsp3) is 0.897. The lowest BCUT2D eigenvalue weighted by Crippen LogP contribution is -2.73. The third-order valence-electron chi connectivity index (χ3n) is 12.1. The molecule has 6 unspecified atom stereocenters. The monoisotopic (exact) mass is 424 g/mol. The average molecular weight is 425 g/mol. The van der Waals surface area contributed by atoms with Gasteiger partial charge in [0.25, 0.3) is 0 Å². The molecule has 8 rings (SSSR count). The van der Waals surface area contributed by atoms with Crippen molar-refractivity contribution in [1.29, 1.82) is 0 Å². The smallest absolute Gasteiger partial charge is 0.334 e. The van der Waals surface area contributed by atoms with Gasteiger partial charge in [-0.2, -0.15) is 0 Å². The summed E-state index contributed by atoms with van der Waals surface area (Å²) in [6, 6.07) is 0. The summed E-state index contributed by atoms with van der Waals surface area (Å²) in [7, 11) is 0. The van der Waals surface area contributed by atoms with Gasteiger partial charge >= 0.3 is 5.97 Å². The van der Waals surface area contributed by atoms with Crippen LogP contribution in [0, 0.1) is 64.6 Å². The first-order valence-electron chi connectivity index (χ1n) is 13.6. The van der Waals surface area contributed by atoms with Gasteiger partial charge in [0.1, 0.15) is 5.60 Å². The van der Waals surface area contributed by atoms with Crippen molar-refractivity contribution in [3.63, 3.8) is 0 Å². The molecule has 2 nitrogen and oxygen atoms in total. The van der Waals surface area contributed by atoms with E-state index in [0.717, 1.165) is 78.1 Å². The Hall–Kier alpha value is -0.790. The van der Waals surface area contributed by atoms with Gasteiger partial charge in [-0.05, 0) is 131 Å². The number of esters is 1. The summed E-state index contributed by atoms with van der Waals surface area (Å²) in [5.41, 5.74) is 0.903. The average Bonchev–Trinajstić information content (AvgIpc) is 2.75. The Kier molecular flexibility index (Phi) is 4.60. The van der Waals surface area contributed by atoms with Crippen LogP contribution in [-0.4, -0.2) is 11.6 Å². The number of hydrogen-bond acceptors (Lipinski definition) is 2. The lowest BCUT2D eigenvalue weighted by atomic mass is 9.28. The van der Waals surface area contributed by atoms with E-state index in [9.17, 15) is 4.79 Å². The number of ether oxygens (including phenoxy) is 1. The number of allylic oxidation sites excluding steroid dienone is 1. The van der Waals surface area contributed by atoms with E-state index in [2.05, 4.69) is 40.7 Å². The molecule has 7 fully saturated rings. The Morgan fingerprint density at radius 3 is 2.23 bits per heavy atom. The minimum absolute atomic E-state index is 0.0135. The summed E-state index contributed by atoms with van der Waals surface area (Å²) in [6.07, 6.45) is 14.0. The third-order valence-corrected chi connectivity index (χ3v) is 12.1. The molecule has 0 aromatic heterocycles. The van der Waals surface area contributed by atoms with Gasteiger partial charge in [-0.1, -0.05) is 26.8 Å². The van der Waals surface area contributed by atoms with Crippen LogP contribution in [0.1, 0.15) is 92.4 Å². The van der Waals surface area contributed by atoms with Crippen molar-refractivity contribution < 1.29 is 9.53 Å². The van der Waals surface area contributed by atoms with Gasteiger partial charge in [-0.25, -0.2) is 4.79 Å². The predicted molar refractivity (Wildman–Crippen MR) is 124 cm³/mol. The Balaban J connectivity index is 1.23. The summed E-state index contributed by atoms with van der Waals surface area (Å²) < 4.78 is 6.58. The first-order chi connectivity index (χ1) is 14.7. The summed E-state index contributed by atoms with van der Waals surface area (Å²) in [5.74, 6) is 8.59. The highest BCUT2D eigenvalue weighted by atomic mass is 16.6. The van der Waals surface area contributed by atoms with Gasteiger partial charge in [0.2, 0.25) is 0 Å². The molecule has 7 saturated carbocycles. The van der Waals surface area contributed by atoms with Crippen LogP contribution in [0.15, 0.2) is 11.6 Å². The molecule has 0 radical (unpaired) electrons. The molecule has 0 aromatic carbocycles. The maximum absolute atomic E-state index is 13.4. The van der Waals surface area contributed by atoms with Gasteiger partial charge in [-0.3, -0.25) is 0 Å². The summed E-state index contributed by atoms with van der Waals surface area (Å²) in [4.78, 5) is 13.4. The van der Waals surface area contributed by atoms with Gasteiger partial charge in [-0.15, -0.1) is 0 Å². The second-order valence-electron chi connectivity index (χ2n) is 13.6. The van der Waals surface area contributed by atoms with Crippen LogP contribution in [-0.2, 0) is 9.53 Å². The van der Waals surface area contributed by atoms with Crippen LogP contribution >= 0.6 is 0 Å². The van der Waals surface area contributed by atoms with Gasteiger partial charge in [0.05, 0.1) is 0 Å². The molecule has 8 bridgehead atoms. The SMILES string of the molecule is CC(C)C(C)C1CC=C(C(=O)OC(C)(C)C23CC4CC5C6CC(CC52)CC3C6C4)CC1. The lowest BCUT2D eigenvalue weighted by molar-refractivity contribution is -0.307. The molecule has 8 aliphatic carbocycles. The van der Waals surface area contributed by atoms with Gasteiger partial charge in [0.15, 0.2) is 0 Å². The van der Waals surface area contributed by atoms with Crippen LogP contribution in [0.5, 0.6) is 0 Å². The maximum Gasteiger partial charge on any atom is 0.334 e. The molecular formula is C29H44O2. The van der Waals surface area contributed by atoms with Crippen LogP contribution in [0.25, 0.3) is 0 Å². The van der Waals surface area contributed by atoms with Crippen molar-refractivity contribution in [3.8, 4) is 0 Å². The number of carbonyl (C=O) groups excluding carboxylic acids is 1. The topological polar surface area (TPSA) is 26.3 Å². The van der Waals surface area contributed by atoms with E-state index in [1.165, 1.54) is 38.5 Å². The summed E-state index contributed by atoms with van der Waals surface area (Å²) >= 11 is 0. The van der Waals surface area contributed by atoms with Crippen molar-refractivity contribution in [2.75, 3.05) is 0 Å². The predicted octanol–water partition coefficient (Wildman–Crippen LogP) is 7.04. The zero-order valence-corrected chi connectivity index (χ0v) is 20.5. The molecule has 0 heterocycles. The Bertz CT molecular complexity index is 767. The minimum atomic E-state index is -0.328. The van der Waals surface area contributed by atoms with E-state index < -0.39 is 0 Å². The Morgan fingerprint density at radius 2 is 1.65 bits per heavy atom. The molecule has 0 N–H and O–H groups in total. The van der Waals surface area contributed by atoms with E-state index in [-0.39, 0.29) is 17.0 Å². The highest BCUT2D eigenvalue weighted by molar-refractivity contribution is 5.89. The molecule has 31 heavy (non-hydrogen) atoms. The fourth-order valence-corrected chi connectivity index (χ4v) is 10.5. The molecular weight excluding hydrogens is 380 g/mol. The molecule has 0 aliphatic heterocycles. The Labute approximate surface area is 190 Å². The van der Waals surface area contributed by atoms with Crippen LogP contribution < -0.4 is 0 Å². The lowest BCUT2D eigenvalue weighted by Gasteiger charge is -2.77. The summed E-state index contributed by atoms with van der Waals surface area (Å²) in [6.45, 7) is 11.6. The van der Waals surface area contributed by atoms with Crippen molar-refractivity contribution in [1.82, 2.24) is 0 Å². The van der Waals surface area contributed by atoms with E-state index in [1.807, 2.05) is 0 Å². The first kappa shape index (κ1) is 20.8. The second kappa shape index (κ2) is 6.86. The highest BCUT2D eigenvalue weighted by Crippen LogP contribution is 2.78. The number of rotatable bonds is 5. The van der Waals surface area contributed by atoms with Crippen molar-refractivity contribution >= 4 is 5.97 Å². The van der Waals surface area contributed by atoms with E-state index >= 15 is 0 Å². The number of hydrogen-bond donors (Lipinski definition) is 0. The van der Waals surface area contributed by atoms with Crippen molar-refractivity contribution in [3.05, 3.63) is 11.6 Å². The standard InChI is InChI=1S/C29H44O2/c1-16(2)17(3)20-6-8-21(9-7-20)27(30)31-28(4,5)29-15-19-11-23-22-10-18(13-25(23)29)14-26(29)24(22)12-19/h8,16-20,22-26H,6-7,9-15H2,1-5H3. The van der Waals surface area contributed by atoms with Crippen molar-refractivity contribution in [2.45, 2.75) is 98.0 Å². The molecule has 0 aromatic rings. The van der Waals surface area contributed by atoms with Crippen LogP contribution in [0.4, 0.5) is 0 Å². The minimum Gasteiger partial charge on any atom is -0.456 e. The van der Waals surface area contributed by atoms with Crippen LogP contribution in [0.2, 0.25) is 0 Å².